The molecule has 2 amide bonds. The van der Waals surface area contributed by atoms with Crippen molar-refractivity contribution in [2.45, 2.75) is 73.4 Å². The summed E-state index contributed by atoms with van der Waals surface area (Å²) in [4.78, 5) is 28.7. The van der Waals surface area contributed by atoms with Crippen LogP contribution < -0.4 is 10.1 Å². The molecule has 0 saturated heterocycles. The predicted molar refractivity (Wildman–Crippen MR) is 132 cm³/mol. The SMILES string of the molecule is CCN(CC)C(=O)Cn1c(C)c(C(=O)NC2C3(C)CCC(C3)C2(C)C)c2cccc(OC)c21. The van der Waals surface area contributed by atoms with Crippen LogP contribution in [-0.4, -0.2) is 47.5 Å². The van der Waals surface area contributed by atoms with Gasteiger partial charge in [-0.05, 0) is 62.8 Å². The van der Waals surface area contributed by atoms with Crippen molar-refractivity contribution in [2.75, 3.05) is 20.2 Å². The highest BCUT2D eigenvalue weighted by atomic mass is 16.5. The van der Waals surface area contributed by atoms with Gasteiger partial charge in [-0.1, -0.05) is 32.9 Å². The van der Waals surface area contributed by atoms with Gasteiger partial charge in [0.15, 0.2) is 0 Å². The minimum absolute atomic E-state index is 0.0413. The van der Waals surface area contributed by atoms with E-state index in [2.05, 4.69) is 26.1 Å². The molecule has 2 aromatic rings. The third-order valence-electron chi connectivity index (χ3n) is 8.71. The zero-order valence-corrected chi connectivity index (χ0v) is 21.2. The number of fused-ring (bicyclic) bond motifs is 3. The van der Waals surface area contributed by atoms with E-state index in [1.54, 1.807) is 7.11 Å². The average Bonchev–Trinajstić information content (AvgIpc) is 3.36. The van der Waals surface area contributed by atoms with Crippen molar-refractivity contribution >= 4 is 22.7 Å². The molecule has 2 bridgehead atoms. The lowest BCUT2D eigenvalue weighted by molar-refractivity contribution is -0.131. The highest BCUT2D eigenvalue weighted by Crippen LogP contribution is 2.62. The number of aromatic nitrogens is 1. The van der Waals surface area contributed by atoms with Crippen LogP contribution in [0.3, 0.4) is 0 Å². The fourth-order valence-electron chi connectivity index (χ4n) is 6.83. The van der Waals surface area contributed by atoms with Crippen LogP contribution in [0.5, 0.6) is 5.75 Å². The highest BCUT2D eigenvalue weighted by molar-refractivity contribution is 6.10. The van der Waals surface area contributed by atoms with Gasteiger partial charge in [-0.25, -0.2) is 0 Å². The Kier molecular flexibility index (Phi) is 6.00. The minimum Gasteiger partial charge on any atom is -0.495 e. The van der Waals surface area contributed by atoms with Gasteiger partial charge in [0.1, 0.15) is 12.3 Å². The number of hydrogen-bond donors (Lipinski definition) is 1. The third-order valence-corrected chi connectivity index (χ3v) is 8.71. The zero-order valence-electron chi connectivity index (χ0n) is 21.2. The van der Waals surface area contributed by atoms with Crippen molar-refractivity contribution in [1.29, 1.82) is 0 Å². The number of carbonyl (C=O) groups is 2. The molecule has 6 nitrogen and oxygen atoms in total. The Morgan fingerprint density at radius 3 is 2.48 bits per heavy atom. The molecule has 6 heteroatoms. The number of likely N-dealkylation sites (N-methyl/N-ethyl adjacent to an activating group) is 1. The maximum absolute atomic E-state index is 13.8. The van der Waals surface area contributed by atoms with Crippen LogP contribution in [0, 0.1) is 23.7 Å². The number of methoxy groups -OCH3 is 1. The number of nitrogens with zero attached hydrogens (tertiary/aromatic N) is 2. The monoisotopic (exact) mass is 453 g/mol. The number of benzene rings is 1. The van der Waals surface area contributed by atoms with Gasteiger partial charge in [0.2, 0.25) is 5.91 Å². The Hall–Kier alpha value is -2.50. The molecule has 1 aromatic heterocycles. The van der Waals surface area contributed by atoms with E-state index in [9.17, 15) is 9.59 Å². The maximum atomic E-state index is 13.8. The number of para-hydroxylation sites is 1. The molecule has 2 fully saturated rings. The quantitative estimate of drug-likeness (QED) is 0.657. The Morgan fingerprint density at radius 1 is 1.21 bits per heavy atom. The Bertz CT molecular complexity index is 1080. The van der Waals surface area contributed by atoms with Crippen LogP contribution in [-0.2, 0) is 11.3 Å². The molecule has 4 rings (SSSR count). The third kappa shape index (κ3) is 3.62. The van der Waals surface area contributed by atoms with Gasteiger partial charge >= 0.3 is 0 Å². The van der Waals surface area contributed by atoms with Gasteiger partial charge in [0.25, 0.3) is 5.91 Å². The number of carbonyl (C=O) groups excluding carboxylic acids is 2. The Labute approximate surface area is 197 Å². The Balaban J connectivity index is 1.76. The summed E-state index contributed by atoms with van der Waals surface area (Å²) < 4.78 is 7.61. The van der Waals surface area contributed by atoms with E-state index in [1.807, 2.05) is 48.4 Å². The van der Waals surface area contributed by atoms with Gasteiger partial charge in [-0.15, -0.1) is 0 Å². The summed E-state index contributed by atoms with van der Waals surface area (Å²) in [7, 11) is 1.63. The fourth-order valence-corrected chi connectivity index (χ4v) is 6.83. The first-order chi connectivity index (χ1) is 15.6. The van der Waals surface area contributed by atoms with Gasteiger partial charge in [0, 0.05) is 30.2 Å². The van der Waals surface area contributed by atoms with E-state index in [0.29, 0.717) is 30.3 Å². The lowest BCUT2D eigenvalue weighted by atomic mass is 9.68. The predicted octanol–water partition coefficient (Wildman–Crippen LogP) is 4.77. The van der Waals surface area contributed by atoms with E-state index < -0.39 is 0 Å². The second-order valence-electron chi connectivity index (χ2n) is 10.8. The molecule has 2 aliphatic carbocycles. The first-order valence-corrected chi connectivity index (χ1v) is 12.3. The van der Waals surface area contributed by atoms with Gasteiger partial charge in [-0.3, -0.25) is 9.59 Å². The highest BCUT2D eigenvalue weighted by Gasteiger charge is 2.59. The number of ether oxygens (including phenoxy) is 1. The lowest BCUT2D eigenvalue weighted by Gasteiger charge is -2.43. The number of rotatable bonds is 7. The zero-order chi connectivity index (χ0) is 24.1. The van der Waals surface area contributed by atoms with Crippen molar-refractivity contribution < 1.29 is 14.3 Å². The molecule has 180 valence electrons. The standard InChI is InChI=1S/C27H39N3O3/c1-8-29(9-2)21(31)16-30-17(3)22(19-11-10-12-20(33-7)23(19)30)24(32)28-25-26(4,5)18-13-14-27(25,6)15-18/h10-12,18,25H,8-9,13-16H2,1-7H3,(H,28,32). The molecular formula is C27H39N3O3. The summed E-state index contributed by atoms with van der Waals surface area (Å²) in [6.45, 7) is 14.4. The average molecular weight is 454 g/mol. The van der Waals surface area contributed by atoms with Crippen LogP contribution in [0.15, 0.2) is 18.2 Å². The second-order valence-corrected chi connectivity index (χ2v) is 10.8. The molecule has 2 aliphatic rings. The van der Waals surface area contributed by atoms with Crippen molar-refractivity contribution in [2.24, 2.45) is 16.7 Å². The first kappa shape index (κ1) is 23.7. The van der Waals surface area contributed by atoms with Crippen molar-refractivity contribution in [3.8, 4) is 5.75 Å². The van der Waals surface area contributed by atoms with E-state index in [-0.39, 0.29) is 35.2 Å². The van der Waals surface area contributed by atoms with Crippen LogP contribution in [0.1, 0.15) is 69.9 Å². The first-order valence-electron chi connectivity index (χ1n) is 12.3. The number of nitrogens with one attached hydrogen (secondary N) is 1. The molecule has 1 heterocycles. The largest absolute Gasteiger partial charge is 0.495 e. The molecule has 33 heavy (non-hydrogen) atoms. The molecule has 0 radical (unpaired) electrons. The summed E-state index contributed by atoms with van der Waals surface area (Å²) in [6.07, 6.45) is 3.59. The topological polar surface area (TPSA) is 63.6 Å². The summed E-state index contributed by atoms with van der Waals surface area (Å²) in [6, 6.07) is 5.90. The smallest absolute Gasteiger partial charge is 0.253 e. The van der Waals surface area contributed by atoms with Crippen LogP contribution in [0.2, 0.25) is 0 Å². The minimum atomic E-state index is -0.0494. The molecule has 1 N–H and O–H groups in total. The van der Waals surface area contributed by atoms with Crippen molar-refractivity contribution in [3.05, 3.63) is 29.5 Å². The van der Waals surface area contributed by atoms with Crippen molar-refractivity contribution in [1.82, 2.24) is 14.8 Å². The molecule has 3 unspecified atom stereocenters. The Morgan fingerprint density at radius 2 is 1.91 bits per heavy atom. The van der Waals surface area contributed by atoms with Crippen LogP contribution in [0.25, 0.3) is 10.9 Å². The molecule has 2 saturated carbocycles. The van der Waals surface area contributed by atoms with Crippen LogP contribution in [0.4, 0.5) is 0 Å². The van der Waals surface area contributed by atoms with Gasteiger partial charge in [0.05, 0.1) is 18.2 Å². The lowest BCUT2D eigenvalue weighted by Crippen LogP contribution is -2.52. The second kappa shape index (κ2) is 8.37. The fraction of sp³-hybridized carbons (Fsp3) is 0.630. The molecule has 0 aliphatic heterocycles. The molecular weight excluding hydrogens is 414 g/mol. The number of amides is 2. The summed E-state index contributed by atoms with van der Waals surface area (Å²) in [5.74, 6) is 1.32. The normalized spacial score (nSPS) is 25.4. The van der Waals surface area contributed by atoms with E-state index in [1.165, 1.54) is 19.3 Å². The summed E-state index contributed by atoms with van der Waals surface area (Å²) in [5, 5.41) is 4.29. The van der Waals surface area contributed by atoms with E-state index >= 15 is 0 Å². The van der Waals surface area contributed by atoms with E-state index in [4.69, 9.17) is 4.74 Å². The van der Waals surface area contributed by atoms with Crippen molar-refractivity contribution in [3.63, 3.8) is 0 Å². The summed E-state index contributed by atoms with van der Waals surface area (Å²) in [5.41, 5.74) is 2.48. The summed E-state index contributed by atoms with van der Waals surface area (Å²) >= 11 is 0. The van der Waals surface area contributed by atoms with Gasteiger partial charge in [-0.2, -0.15) is 0 Å². The molecule has 0 spiro atoms. The number of hydrogen-bond acceptors (Lipinski definition) is 3. The molecule has 1 aromatic carbocycles. The van der Waals surface area contributed by atoms with Crippen LogP contribution >= 0.6 is 0 Å². The molecule has 3 atom stereocenters. The van der Waals surface area contributed by atoms with E-state index in [0.717, 1.165) is 16.6 Å². The maximum Gasteiger partial charge on any atom is 0.253 e. The van der Waals surface area contributed by atoms with Gasteiger partial charge < -0.3 is 19.5 Å².